The van der Waals surface area contributed by atoms with E-state index in [1.54, 1.807) is 24.4 Å². The minimum Gasteiger partial charge on any atom is -0.354 e. The topological polar surface area (TPSA) is 89.9 Å². The molecule has 8 nitrogen and oxygen atoms in total. The van der Waals surface area contributed by atoms with Crippen molar-refractivity contribution in [3.8, 4) is 0 Å². The van der Waals surface area contributed by atoms with E-state index < -0.39 is 5.91 Å². The minimum atomic E-state index is -0.427. The van der Waals surface area contributed by atoms with Crippen molar-refractivity contribution in [2.24, 2.45) is 5.10 Å². The summed E-state index contributed by atoms with van der Waals surface area (Å²) in [7, 11) is 0. The Bertz CT molecular complexity index is 1520. The number of hydrogen-bond donors (Lipinski definition) is 2. The number of carbonyl (C=O) groups excluding carboxylic acids is 2. The quantitative estimate of drug-likeness (QED) is 0.203. The molecule has 9 heteroatoms. The summed E-state index contributed by atoms with van der Waals surface area (Å²) >= 11 is 3.41. The van der Waals surface area contributed by atoms with Crippen molar-refractivity contribution in [3.05, 3.63) is 123 Å². The minimum absolute atomic E-state index is 0.292. The Morgan fingerprint density at radius 3 is 2.39 bits per heavy atom. The van der Waals surface area contributed by atoms with Crippen LogP contribution in [0.2, 0.25) is 0 Å². The van der Waals surface area contributed by atoms with Crippen molar-refractivity contribution in [2.45, 2.75) is 13.5 Å². The fourth-order valence-electron chi connectivity index (χ4n) is 4.58. The third-order valence-corrected chi connectivity index (χ3v) is 7.39. The SMILES string of the molecule is Cc1ccc(C=NNC(=O)c2cc(Br)ccc2NC(=O)c2ccc(CN3CCN(c4ccccn4)CC3)cc2)cc1. The van der Waals surface area contributed by atoms with Gasteiger partial charge in [-0.2, -0.15) is 5.10 Å². The Morgan fingerprint density at radius 2 is 1.68 bits per heavy atom. The van der Waals surface area contributed by atoms with Crippen LogP contribution in [0.25, 0.3) is 0 Å². The number of pyridine rings is 1. The van der Waals surface area contributed by atoms with Gasteiger partial charge in [0.1, 0.15) is 5.82 Å². The maximum absolute atomic E-state index is 13.1. The maximum Gasteiger partial charge on any atom is 0.273 e. The van der Waals surface area contributed by atoms with E-state index in [9.17, 15) is 9.59 Å². The monoisotopic (exact) mass is 610 g/mol. The molecule has 0 aliphatic carbocycles. The van der Waals surface area contributed by atoms with Gasteiger partial charge in [-0.05, 0) is 60.5 Å². The van der Waals surface area contributed by atoms with Crippen LogP contribution in [0.5, 0.6) is 0 Å². The summed E-state index contributed by atoms with van der Waals surface area (Å²) in [6.07, 6.45) is 3.41. The Labute approximate surface area is 248 Å². The number of rotatable bonds is 8. The van der Waals surface area contributed by atoms with Crippen molar-refractivity contribution >= 4 is 45.5 Å². The lowest BCUT2D eigenvalue weighted by atomic mass is 10.1. The van der Waals surface area contributed by atoms with Crippen molar-refractivity contribution < 1.29 is 9.59 Å². The number of hydrogen-bond acceptors (Lipinski definition) is 6. The molecule has 208 valence electrons. The lowest BCUT2D eigenvalue weighted by molar-refractivity contribution is 0.0956. The van der Waals surface area contributed by atoms with Gasteiger partial charge in [0.2, 0.25) is 0 Å². The lowest BCUT2D eigenvalue weighted by Crippen LogP contribution is -2.46. The molecule has 41 heavy (non-hydrogen) atoms. The van der Waals surface area contributed by atoms with Crippen LogP contribution < -0.4 is 15.6 Å². The van der Waals surface area contributed by atoms with E-state index in [1.807, 2.05) is 79.9 Å². The van der Waals surface area contributed by atoms with Crippen LogP contribution in [-0.4, -0.2) is 54.1 Å². The summed E-state index contributed by atoms with van der Waals surface area (Å²) in [5.41, 5.74) is 6.92. The molecule has 2 N–H and O–H groups in total. The number of nitrogens with one attached hydrogen (secondary N) is 2. The summed E-state index contributed by atoms with van der Waals surface area (Å²) in [6, 6.07) is 26.5. The molecule has 2 heterocycles. The number of hydrazone groups is 1. The van der Waals surface area contributed by atoms with E-state index in [4.69, 9.17) is 0 Å². The summed E-state index contributed by atoms with van der Waals surface area (Å²) in [5.74, 6) is 0.299. The van der Waals surface area contributed by atoms with Crippen molar-refractivity contribution in [1.29, 1.82) is 0 Å². The zero-order valence-corrected chi connectivity index (χ0v) is 24.3. The number of carbonyl (C=O) groups is 2. The average Bonchev–Trinajstić information content (AvgIpc) is 3.00. The van der Waals surface area contributed by atoms with Gasteiger partial charge in [-0.3, -0.25) is 14.5 Å². The van der Waals surface area contributed by atoms with E-state index in [0.717, 1.165) is 55.2 Å². The number of nitrogens with zero attached hydrogens (tertiary/aromatic N) is 4. The smallest absolute Gasteiger partial charge is 0.273 e. The number of aryl methyl sites for hydroxylation is 1. The molecule has 1 aliphatic rings. The van der Waals surface area contributed by atoms with Crippen molar-refractivity contribution in [2.75, 3.05) is 36.4 Å². The van der Waals surface area contributed by atoms with Gasteiger partial charge in [0.05, 0.1) is 17.5 Å². The van der Waals surface area contributed by atoms with Gasteiger partial charge >= 0.3 is 0 Å². The fraction of sp³-hybridized carbons (Fsp3) is 0.188. The Morgan fingerprint density at radius 1 is 0.927 bits per heavy atom. The van der Waals surface area contributed by atoms with Crippen molar-refractivity contribution in [1.82, 2.24) is 15.3 Å². The van der Waals surface area contributed by atoms with Gasteiger partial charge in [-0.15, -0.1) is 0 Å². The van der Waals surface area contributed by atoms with E-state index in [0.29, 0.717) is 21.3 Å². The van der Waals surface area contributed by atoms with Crippen LogP contribution in [-0.2, 0) is 6.54 Å². The highest BCUT2D eigenvalue weighted by molar-refractivity contribution is 9.10. The molecule has 1 fully saturated rings. The van der Waals surface area contributed by atoms with E-state index in [-0.39, 0.29) is 5.91 Å². The van der Waals surface area contributed by atoms with Gasteiger partial charge < -0.3 is 10.2 Å². The largest absolute Gasteiger partial charge is 0.354 e. The molecular formula is C32H31BrN6O2. The molecule has 0 atom stereocenters. The molecule has 0 unspecified atom stereocenters. The van der Waals surface area contributed by atoms with Crippen LogP contribution in [0.1, 0.15) is 37.4 Å². The highest BCUT2D eigenvalue weighted by Gasteiger charge is 2.19. The van der Waals surface area contributed by atoms with Crippen LogP contribution in [0.15, 0.2) is 101 Å². The van der Waals surface area contributed by atoms with Gasteiger partial charge in [0.15, 0.2) is 0 Å². The second-order valence-corrected chi connectivity index (χ2v) is 10.8. The normalized spacial score (nSPS) is 13.8. The lowest BCUT2D eigenvalue weighted by Gasteiger charge is -2.35. The summed E-state index contributed by atoms with van der Waals surface area (Å²) in [4.78, 5) is 35.1. The molecule has 1 saturated heterocycles. The first-order valence-electron chi connectivity index (χ1n) is 13.4. The number of amides is 2. The number of anilines is 2. The second kappa shape index (κ2) is 13.3. The maximum atomic E-state index is 13.1. The van der Waals surface area contributed by atoms with Crippen LogP contribution in [0.4, 0.5) is 11.5 Å². The Kier molecular flexibility index (Phi) is 9.18. The van der Waals surface area contributed by atoms with Gasteiger partial charge in [-0.1, -0.05) is 64.0 Å². The number of aromatic nitrogens is 1. The number of benzene rings is 3. The molecule has 0 saturated carbocycles. The number of piperazine rings is 1. The van der Waals surface area contributed by atoms with E-state index in [2.05, 4.69) is 46.6 Å². The molecule has 0 radical (unpaired) electrons. The molecule has 2 amide bonds. The van der Waals surface area contributed by atoms with Gasteiger partial charge in [-0.25, -0.2) is 10.4 Å². The molecule has 1 aromatic heterocycles. The summed E-state index contributed by atoms with van der Waals surface area (Å²) < 4.78 is 0.716. The standard InChI is InChI=1S/C32H31BrN6O2/c1-23-5-7-24(8-6-23)21-35-37-32(41)28-20-27(33)13-14-29(28)36-31(40)26-11-9-25(10-12-26)22-38-16-18-39(19-17-38)30-4-2-3-15-34-30/h2-15,20-21H,16-19,22H2,1H3,(H,36,40)(H,37,41). The zero-order chi connectivity index (χ0) is 28.6. The molecule has 1 aliphatic heterocycles. The van der Waals surface area contributed by atoms with Gasteiger partial charge in [0.25, 0.3) is 11.8 Å². The van der Waals surface area contributed by atoms with E-state index in [1.165, 1.54) is 0 Å². The zero-order valence-electron chi connectivity index (χ0n) is 22.8. The van der Waals surface area contributed by atoms with E-state index >= 15 is 0 Å². The highest BCUT2D eigenvalue weighted by Crippen LogP contribution is 2.22. The molecular weight excluding hydrogens is 580 g/mol. The molecule has 5 rings (SSSR count). The Hall–Kier alpha value is -4.34. The number of halogens is 1. The molecule has 3 aromatic carbocycles. The predicted molar refractivity (Wildman–Crippen MR) is 167 cm³/mol. The first kappa shape index (κ1) is 28.2. The average molecular weight is 612 g/mol. The molecule has 0 bridgehead atoms. The fourth-order valence-corrected chi connectivity index (χ4v) is 4.94. The molecule has 4 aromatic rings. The van der Waals surface area contributed by atoms with Crippen LogP contribution in [0.3, 0.4) is 0 Å². The van der Waals surface area contributed by atoms with Gasteiger partial charge in [0, 0.05) is 49.0 Å². The third kappa shape index (κ3) is 7.65. The van der Waals surface area contributed by atoms with Crippen LogP contribution >= 0.6 is 15.9 Å². The third-order valence-electron chi connectivity index (χ3n) is 6.90. The first-order chi connectivity index (χ1) is 19.9. The predicted octanol–water partition coefficient (Wildman–Crippen LogP) is 5.49. The highest BCUT2D eigenvalue weighted by atomic mass is 79.9. The summed E-state index contributed by atoms with van der Waals surface area (Å²) in [6.45, 7) is 6.58. The second-order valence-electron chi connectivity index (χ2n) is 9.90. The Balaban J connectivity index is 1.17. The molecule has 0 spiro atoms. The summed E-state index contributed by atoms with van der Waals surface area (Å²) in [5, 5.41) is 6.95. The van der Waals surface area contributed by atoms with Crippen LogP contribution in [0, 0.1) is 6.92 Å². The first-order valence-corrected chi connectivity index (χ1v) is 14.2. The van der Waals surface area contributed by atoms with Crippen molar-refractivity contribution in [3.63, 3.8) is 0 Å².